The highest BCUT2D eigenvalue weighted by Gasteiger charge is 2.28. The van der Waals surface area contributed by atoms with E-state index in [0.29, 0.717) is 24.8 Å². The minimum absolute atomic E-state index is 0.0628. The van der Waals surface area contributed by atoms with E-state index < -0.39 is 0 Å². The van der Waals surface area contributed by atoms with Crippen LogP contribution >= 0.6 is 0 Å². The molecule has 0 radical (unpaired) electrons. The van der Waals surface area contributed by atoms with Gasteiger partial charge >= 0.3 is 0 Å². The Labute approximate surface area is 127 Å². The molecule has 3 N–H and O–H groups in total. The van der Waals surface area contributed by atoms with Crippen LogP contribution in [0.5, 0.6) is 0 Å². The summed E-state index contributed by atoms with van der Waals surface area (Å²) in [6.07, 6.45) is 2.88. The quantitative estimate of drug-likeness (QED) is 0.818. The average Bonchev–Trinajstić information content (AvgIpc) is 2.48. The van der Waals surface area contributed by atoms with Crippen molar-refractivity contribution in [2.45, 2.75) is 39.2 Å². The molecule has 0 aromatic heterocycles. The number of amides is 1. The molecule has 116 valence electrons. The standard InChI is InChI=1S/C17H26N2O2/c1-12(2)17-14(4-3-9-21-17)11-19-16(20)10-13-5-7-15(18)8-6-13/h5-8,12,14,17H,3-4,9-11,18H2,1-2H3,(H,19,20). The van der Waals surface area contributed by atoms with Gasteiger partial charge in [-0.25, -0.2) is 0 Å². The lowest BCUT2D eigenvalue weighted by molar-refractivity contribution is -0.121. The summed E-state index contributed by atoms with van der Waals surface area (Å²) >= 11 is 0. The molecule has 1 aromatic carbocycles. The van der Waals surface area contributed by atoms with Gasteiger partial charge in [-0.2, -0.15) is 0 Å². The third-order valence-corrected chi connectivity index (χ3v) is 4.06. The van der Waals surface area contributed by atoms with Crippen molar-refractivity contribution < 1.29 is 9.53 Å². The van der Waals surface area contributed by atoms with Crippen molar-refractivity contribution in [3.8, 4) is 0 Å². The molecule has 1 aliphatic heterocycles. The molecule has 2 unspecified atom stereocenters. The first kappa shape index (κ1) is 15.8. The maximum atomic E-state index is 12.0. The SMILES string of the molecule is CC(C)C1OCCCC1CNC(=O)Cc1ccc(N)cc1. The summed E-state index contributed by atoms with van der Waals surface area (Å²) in [6.45, 7) is 5.91. The number of ether oxygens (including phenoxy) is 1. The number of carbonyl (C=O) groups excluding carboxylic acids is 1. The Morgan fingerprint density at radius 1 is 1.38 bits per heavy atom. The number of nitrogens with two attached hydrogens (primary N) is 1. The molecular weight excluding hydrogens is 264 g/mol. The molecule has 4 nitrogen and oxygen atoms in total. The van der Waals surface area contributed by atoms with Crippen LogP contribution in [0.3, 0.4) is 0 Å². The van der Waals surface area contributed by atoms with Gasteiger partial charge < -0.3 is 15.8 Å². The van der Waals surface area contributed by atoms with Crippen LogP contribution in [0.2, 0.25) is 0 Å². The van der Waals surface area contributed by atoms with Crippen LogP contribution in [0.1, 0.15) is 32.3 Å². The summed E-state index contributed by atoms with van der Waals surface area (Å²) in [6, 6.07) is 7.45. The van der Waals surface area contributed by atoms with Crippen molar-refractivity contribution in [1.29, 1.82) is 0 Å². The molecule has 0 spiro atoms. The molecular formula is C17H26N2O2. The van der Waals surface area contributed by atoms with Gasteiger partial charge in [-0.1, -0.05) is 26.0 Å². The molecule has 0 bridgehead atoms. The number of anilines is 1. The number of hydrogen-bond acceptors (Lipinski definition) is 3. The van der Waals surface area contributed by atoms with Crippen molar-refractivity contribution in [2.75, 3.05) is 18.9 Å². The van der Waals surface area contributed by atoms with Gasteiger partial charge in [0.25, 0.3) is 0 Å². The molecule has 0 aliphatic carbocycles. The summed E-state index contributed by atoms with van der Waals surface area (Å²) in [4.78, 5) is 12.0. The van der Waals surface area contributed by atoms with Crippen LogP contribution in [-0.2, 0) is 16.0 Å². The summed E-state index contributed by atoms with van der Waals surface area (Å²) in [5.41, 5.74) is 7.35. The Hall–Kier alpha value is -1.55. The second kappa shape index (κ2) is 7.46. The van der Waals surface area contributed by atoms with Gasteiger partial charge in [0, 0.05) is 24.8 Å². The molecule has 1 saturated heterocycles. The summed E-state index contributed by atoms with van der Waals surface area (Å²) in [5, 5.41) is 3.05. The summed E-state index contributed by atoms with van der Waals surface area (Å²) in [7, 11) is 0. The first-order valence-electron chi connectivity index (χ1n) is 7.79. The van der Waals surface area contributed by atoms with Crippen LogP contribution < -0.4 is 11.1 Å². The normalized spacial score (nSPS) is 22.2. The van der Waals surface area contributed by atoms with E-state index in [1.165, 1.54) is 0 Å². The molecule has 1 aliphatic rings. The molecule has 1 aromatic rings. The molecule has 1 amide bonds. The molecule has 1 heterocycles. The second-order valence-electron chi connectivity index (χ2n) is 6.20. The zero-order chi connectivity index (χ0) is 15.2. The fourth-order valence-corrected chi connectivity index (χ4v) is 2.95. The van der Waals surface area contributed by atoms with Crippen molar-refractivity contribution >= 4 is 11.6 Å². The van der Waals surface area contributed by atoms with Gasteiger partial charge in [0.15, 0.2) is 0 Å². The van der Waals surface area contributed by atoms with E-state index in [2.05, 4.69) is 19.2 Å². The average molecular weight is 290 g/mol. The summed E-state index contributed by atoms with van der Waals surface area (Å²) in [5.74, 6) is 0.978. The number of benzene rings is 1. The predicted molar refractivity (Wildman–Crippen MR) is 84.9 cm³/mol. The van der Waals surface area contributed by atoms with E-state index in [9.17, 15) is 4.79 Å². The highest BCUT2D eigenvalue weighted by molar-refractivity contribution is 5.78. The van der Waals surface area contributed by atoms with E-state index >= 15 is 0 Å². The number of nitrogens with one attached hydrogen (secondary N) is 1. The first-order chi connectivity index (χ1) is 10.1. The van der Waals surface area contributed by atoms with E-state index in [-0.39, 0.29) is 12.0 Å². The van der Waals surface area contributed by atoms with Crippen molar-refractivity contribution in [1.82, 2.24) is 5.32 Å². The van der Waals surface area contributed by atoms with Crippen molar-refractivity contribution in [2.24, 2.45) is 11.8 Å². The largest absolute Gasteiger partial charge is 0.399 e. The lowest BCUT2D eigenvalue weighted by atomic mass is 9.87. The zero-order valence-corrected chi connectivity index (χ0v) is 13.0. The van der Waals surface area contributed by atoms with Crippen LogP contribution in [0, 0.1) is 11.8 Å². The predicted octanol–water partition coefficient (Wildman–Crippen LogP) is 2.38. The Bertz CT molecular complexity index is 456. The maximum absolute atomic E-state index is 12.0. The number of nitrogen functional groups attached to an aromatic ring is 1. The maximum Gasteiger partial charge on any atom is 0.224 e. The monoisotopic (exact) mass is 290 g/mol. The molecule has 1 fully saturated rings. The lowest BCUT2D eigenvalue weighted by Gasteiger charge is -2.34. The van der Waals surface area contributed by atoms with Crippen LogP contribution in [-0.4, -0.2) is 25.2 Å². The molecule has 0 saturated carbocycles. The van der Waals surface area contributed by atoms with Crippen LogP contribution in [0.25, 0.3) is 0 Å². The van der Waals surface area contributed by atoms with Gasteiger partial charge in [0.2, 0.25) is 5.91 Å². The fourth-order valence-electron chi connectivity index (χ4n) is 2.95. The van der Waals surface area contributed by atoms with Crippen molar-refractivity contribution in [3.63, 3.8) is 0 Å². The van der Waals surface area contributed by atoms with E-state index in [0.717, 1.165) is 30.7 Å². The van der Waals surface area contributed by atoms with Crippen molar-refractivity contribution in [3.05, 3.63) is 29.8 Å². The zero-order valence-electron chi connectivity index (χ0n) is 13.0. The fraction of sp³-hybridized carbons (Fsp3) is 0.588. The Morgan fingerprint density at radius 2 is 2.10 bits per heavy atom. The van der Waals surface area contributed by atoms with Gasteiger partial charge in [-0.05, 0) is 36.5 Å². The molecule has 21 heavy (non-hydrogen) atoms. The topological polar surface area (TPSA) is 64.3 Å². The summed E-state index contributed by atoms with van der Waals surface area (Å²) < 4.78 is 5.85. The number of hydrogen-bond donors (Lipinski definition) is 2. The van der Waals surface area contributed by atoms with Gasteiger partial charge in [-0.15, -0.1) is 0 Å². The minimum Gasteiger partial charge on any atom is -0.399 e. The molecule has 2 rings (SSSR count). The number of rotatable bonds is 5. The second-order valence-corrected chi connectivity index (χ2v) is 6.20. The smallest absolute Gasteiger partial charge is 0.224 e. The third kappa shape index (κ3) is 4.74. The Kier molecular flexibility index (Phi) is 5.62. The van der Waals surface area contributed by atoms with E-state index in [1.54, 1.807) is 0 Å². The van der Waals surface area contributed by atoms with Crippen LogP contribution in [0.4, 0.5) is 5.69 Å². The third-order valence-electron chi connectivity index (χ3n) is 4.06. The van der Waals surface area contributed by atoms with Gasteiger partial charge in [-0.3, -0.25) is 4.79 Å². The molecule has 2 atom stereocenters. The van der Waals surface area contributed by atoms with Crippen LogP contribution in [0.15, 0.2) is 24.3 Å². The number of carbonyl (C=O) groups is 1. The van der Waals surface area contributed by atoms with E-state index in [1.807, 2.05) is 24.3 Å². The first-order valence-corrected chi connectivity index (χ1v) is 7.79. The highest BCUT2D eigenvalue weighted by Crippen LogP contribution is 2.25. The Morgan fingerprint density at radius 3 is 2.76 bits per heavy atom. The van der Waals surface area contributed by atoms with Gasteiger partial charge in [0.05, 0.1) is 12.5 Å². The molecule has 4 heteroatoms. The Balaban J connectivity index is 1.81. The minimum atomic E-state index is 0.0628. The van der Waals surface area contributed by atoms with E-state index in [4.69, 9.17) is 10.5 Å². The van der Waals surface area contributed by atoms with Gasteiger partial charge in [0.1, 0.15) is 0 Å². The lowest BCUT2D eigenvalue weighted by Crippen LogP contribution is -2.41. The highest BCUT2D eigenvalue weighted by atomic mass is 16.5.